The van der Waals surface area contributed by atoms with Crippen LogP contribution in [0.1, 0.15) is 168 Å². The van der Waals surface area contributed by atoms with Crippen LogP contribution in [0.3, 0.4) is 0 Å². The molecule has 49 heavy (non-hydrogen) atoms. The van der Waals surface area contributed by atoms with Gasteiger partial charge < -0.3 is 39.4 Å². The minimum atomic E-state index is -1.59. The predicted molar refractivity (Wildman–Crippen MR) is 192 cm³/mol. The van der Waals surface area contributed by atoms with Crippen molar-refractivity contribution >= 4 is 11.9 Å². The molecule has 1 saturated heterocycles. The number of ether oxygens (including phenoxy) is 4. The van der Waals surface area contributed by atoms with Gasteiger partial charge in [0.25, 0.3) is 0 Å². The molecule has 1 fully saturated rings. The van der Waals surface area contributed by atoms with Gasteiger partial charge in [0, 0.05) is 12.8 Å². The average molecular weight is 701 g/mol. The van der Waals surface area contributed by atoms with Gasteiger partial charge in [-0.05, 0) is 38.5 Å². The van der Waals surface area contributed by atoms with E-state index in [2.05, 4.69) is 26.0 Å². The molecule has 288 valence electrons. The van der Waals surface area contributed by atoms with Crippen LogP contribution >= 0.6 is 0 Å². The van der Waals surface area contributed by atoms with Crippen molar-refractivity contribution in [1.29, 1.82) is 0 Å². The molecule has 2 unspecified atom stereocenters. The predicted octanol–water partition coefficient (Wildman–Crippen LogP) is 7.22. The van der Waals surface area contributed by atoms with Crippen molar-refractivity contribution in [3.05, 3.63) is 12.2 Å². The Morgan fingerprint density at radius 1 is 0.612 bits per heavy atom. The molecule has 0 radical (unpaired) electrons. The highest BCUT2D eigenvalue weighted by Gasteiger charge is 2.44. The van der Waals surface area contributed by atoms with E-state index in [4.69, 9.17) is 18.9 Å². The van der Waals surface area contributed by atoms with Crippen molar-refractivity contribution in [3.8, 4) is 0 Å². The number of unbranched alkanes of at least 4 members (excludes halogenated alkanes) is 19. The standard InChI is InChI=1S/C39H72O10/c1-3-5-7-9-11-13-15-16-18-19-21-23-25-27-34(41)46-30-32(31-47-39-38(45)37(44)36(43)33(29-40)49-39)48-35(42)28-26-24-22-20-17-14-12-10-8-6-4-2/h13,15,32-33,36-40,43-45H,3-12,14,16-31H2,1-2H3/b15-13+/t32-,33-,36+,37?,38?,39-/m0/s1. The van der Waals surface area contributed by atoms with Crippen LogP contribution in [-0.4, -0.2) is 89.0 Å². The summed E-state index contributed by atoms with van der Waals surface area (Å²) in [5, 5.41) is 39.9. The monoisotopic (exact) mass is 701 g/mol. The summed E-state index contributed by atoms with van der Waals surface area (Å²) in [6.45, 7) is 3.38. The highest BCUT2D eigenvalue weighted by atomic mass is 16.7. The van der Waals surface area contributed by atoms with Crippen LogP contribution in [0.5, 0.6) is 0 Å². The van der Waals surface area contributed by atoms with E-state index in [1.54, 1.807) is 0 Å². The summed E-state index contributed by atoms with van der Waals surface area (Å²) >= 11 is 0. The Bertz CT molecular complexity index is 820. The fraction of sp³-hybridized carbons (Fsp3) is 0.897. The van der Waals surface area contributed by atoms with Crippen molar-refractivity contribution in [1.82, 2.24) is 0 Å². The third-order valence-electron chi connectivity index (χ3n) is 9.15. The second-order valence-corrected chi connectivity index (χ2v) is 13.7. The summed E-state index contributed by atoms with van der Waals surface area (Å²) in [7, 11) is 0. The lowest BCUT2D eigenvalue weighted by Crippen LogP contribution is -2.59. The van der Waals surface area contributed by atoms with Crippen LogP contribution in [0.2, 0.25) is 0 Å². The van der Waals surface area contributed by atoms with Gasteiger partial charge in [0.15, 0.2) is 12.4 Å². The van der Waals surface area contributed by atoms with E-state index in [1.807, 2.05) is 0 Å². The van der Waals surface area contributed by atoms with E-state index in [-0.39, 0.29) is 32.0 Å². The molecule has 0 aliphatic carbocycles. The largest absolute Gasteiger partial charge is 0.462 e. The van der Waals surface area contributed by atoms with Gasteiger partial charge in [-0.25, -0.2) is 0 Å². The van der Waals surface area contributed by atoms with Crippen molar-refractivity contribution in [2.24, 2.45) is 0 Å². The molecule has 1 heterocycles. The van der Waals surface area contributed by atoms with E-state index < -0.39 is 49.4 Å². The third-order valence-corrected chi connectivity index (χ3v) is 9.15. The maximum atomic E-state index is 12.7. The number of esters is 2. The number of carbonyl (C=O) groups excluding carboxylic acids is 2. The van der Waals surface area contributed by atoms with Crippen LogP contribution in [0.25, 0.3) is 0 Å². The summed E-state index contributed by atoms with van der Waals surface area (Å²) in [5.41, 5.74) is 0. The Kier molecular flexibility index (Phi) is 28.9. The molecule has 6 atom stereocenters. The van der Waals surface area contributed by atoms with Gasteiger partial charge in [-0.15, -0.1) is 0 Å². The summed E-state index contributed by atoms with van der Waals surface area (Å²) in [4.78, 5) is 25.1. The fourth-order valence-electron chi connectivity index (χ4n) is 5.95. The topological polar surface area (TPSA) is 152 Å². The molecule has 1 rings (SSSR count). The zero-order chi connectivity index (χ0) is 36.0. The zero-order valence-electron chi connectivity index (χ0n) is 30.9. The Morgan fingerprint density at radius 2 is 1.08 bits per heavy atom. The van der Waals surface area contributed by atoms with Crippen molar-refractivity contribution < 1.29 is 49.0 Å². The van der Waals surface area contributed by atoms with E-state index in [0.717, 1.165) is 57.8 Å². The van der Waals surface area contributed by atoms with Crippen LogP contribution in [0, 0.1) is 0 Å². The fourth-order valence-corrected chi connectivity index (χ4v) is 5.95. The number of hydrogen-bond donors (Lipinski definition) is 4. The minimum absolute atomic E-state index is 0.217. The first-order chi connectivity index (χ1) is 23.8. The maximum Gasteiger partial charge on any atom is 0.306 e. The van der Waals surface area contributed by atoms with Crippen molar-refractivity contribution in [2.75, 3.05) is 19.8 Å². The summed E-state index contributed by atoms with van der Waals surface area (Å²) in [6.07, 6.45) is 22.2. The summed E-state index contributed by atoms with van der Waals surface area (Å²) in [6, 6.07) is 0. The molecule has 0 aromatic rings. The molecule has 0 aromatic carbocycles. The SMILES string of the molecule is CCCCCC/C=C/CCCCCCCC(=O)OC[C@@H](CO[C@H]1O[C@@H](CO)[C@@H](O)C(O)C1O)OC(=O)CCCCCCCCCCCCC. The second kappa shape index (κ2) is 31.2. The first-order valence-electron chi connectivity index (χ1n) is 19.8. The molecule has 0 spiro atoms. The zero-order valence-corrected chi connectivity index (χ0v) is 30.9. The smallest absolute Gasteiger partial charge is 0.306 e. The van der Waals surface area contributed by atoms with Crippen LogP contribution in [0.4, 0.5) is 0 Å². The van der Waals surface area contributed by atoms with Crippen LogP contribution in [-0.2, 0) is 28.5 Å². The Morgan fingerprint density at radius 3 is 1.61 bits per heavy atom. The van der Waals surface area contributed by atoms with Gasteiger partial charge in [-0.3, -0.25) is 9.59 Å². The van der Waals surface area contributed by atoms with E-state index >= 15 is 0 Å². The first kappa shape index (κ1) is 45.5. The first-order valence-corrected chi connectivity index (χ1v) is 19.8. The number of rotatable bonds is 32. The highest BCUT2D eigenvalue weighted by molar-refractivity contribution is 5.70. The Labute approximate surface area is 297 Å². The number of aliphatic hydroxyl groups excluding tert-OH is 4. The number of carbonyl (C=O) groups is 2. The molecule has 1 aliphatic rings. The van der Waals surface area contributed by atoms with Gasteiger partial charge in [0.05, 0.1) is 13.2 Å². The second-order valence-electron chi connectivity index (χ2n) is 13.7. The number of aliphatic hydroxyl groups is 4. The van der Waals surface area contributed by atoms with Gasteiger partial charge in [0.2, 0.25) is 0 Å². The van der Waals surface area contributed by atoms with Crippen molar-refractivity contribution in [3.63, 3.8) is 0 Å². The van der Waals surface area contributed by atoms with Crippen LogP contribution in [0.15, 0.2) is 12.2 Å². The average Bonchev–Trinajstić information content (AvgIpc) is 3.10. The molecule has 0 saturated carbocycles. The van der Waals surface area contributed by atoms with Crippen molar-refractivity contribution in [2.45, 2.75) is 205 Å². The Hall–Kier alpha value is -1.56. The molecule has 10 nitrogen and oxygen atoms in total. The molecule has 10 heteroatoms. The normalized spacial score (nSPS) is 21.6. The molecule has 0 aromatic heterocycles. The molecule has 0 bridgehead atoms. The van der Waals surface area contributed by atoms with Gasteiger partial charge in [0.1, 0.15) is 31.0 Å². The minimum Gasteiger partial charge on any atom is -0.462 e. The molecular weight excluding hydrogens is 628 g/mol. The molecular formula is C39H72O10. The van der Waals surface area contributed by atoms with E-state index in [0.29, 0.717) is 6.42 Å². The number of hydrogen-bond acceptors (Lipinski definition) is 10. The van der Waals surface area contributed by atoms with Crippen LogP contribution < -0.4 is 0 Å². The summed E-state index contributed by atoms with van der Waals surface area (Å²) < 4.78 is 22.0. The third kappa shape index (κ3) is 23.5. The molecule has 1 aliphatic heterocycles. The lowest BCUT2D eigenvalue weighted by Gasteiger charge is -2.39. The lowest BCUT2D eigenvalue weighted by atomic mass is 9.99. The van der Waals surface area contributed by atoms with Gasteiger partial charge >= 0.3 is 11.9 Å². The lowest BCUT2D eigenvalue weighted by molar-refractivity contribution is -0.305. The quantitative estimate of drug-likeness (QED) is 0.0322. The van der Waals surface area contributed by atoms with Gasteiger partial charge in [-0.2, -0.15) is 0 Å². The summed E-state index contributed by atoms with van der Waals surface area (Å²) in [5.74, 6) is -0.814. The maximum absolute atomic E-state index is 12.7. The number of allylic oxidation sites excluding steroid dienone is 2. The van der Waals surface area contributed by atoms with Gasteiger partial charge in [-0.1, -0.05) is 129 Å². The van der Waals surface area contributed by atoms with E-state index in [1.165, 1.54) is 77.0 Å². The molecule has 0 amide bonds. The molecule has 4 N–H and O–H groups in total. The highest BCUT2D eigenvalue weighted by Crippen LogP contribution is 2.22. The Balaban J connectivity index is 2.39. The van der Waals surface area contributed by atoms with E-state index in [9.17, 15) is 30.0 Å².